The Labute approximate surface area is 176 Å². The number of hydrogen-bond acceptors (Lipinski definition) is 7. The highest BCUT2D eigenvalue weighted by Gasteiger charge is 2.32. The molecule has 0 spiro atoms. The number of morpholine rings is 1. The van der Waals surface area contributed by atoms with E-state index in [2.05, 4.69) is 5.32 Å². The molecule has 0 saturated carbocycles. The van der Waals surface area contributed by atoms with Gasteiger partial charge < -0.3 is 29.7 Å². The number of aliphatic hydroxyl groups is 1. The van der Waals surface area contributed by atoms with Crippen molar-refractivity contribution >= 4 is 46.1 Å². The zero-order chi connectivity index (χ0) is 20.4. The number of nitrogens with one attached hydrogen (secondary N) is 1. The summed E-state index contributed by atoms with van der Waals surface area (Å²) in [6.45, 7) is 1.80. The second-order valence-corrected chi connectivity index (χ2v) is 8.38. The molecule has 8 nitrogen and oxygen atoms in total. The van der Waals surface area contributed by atoms with Crippen LogP contribution in [0.15, 0.2) is 36.4 Å². The smallest absolute Gasteiger partial charge is 0.261 e. The highest BCUT2D eigenvalue weighted by atomic mass is 35.5. The van der Waals surface area contributed by atoms with E-state index in [-0.39, 0.29) is 31.1 Å². The van der Waals surface area contributed by atoms with Crippen molar-refractivity contribution < 1.29 is 24.2 Å². The van der Waals surface area contributed by atoms with Crippen LogP contribution in [0, 0.1) is 0 Å². The number of thiophene rings is 1. The SMILES string of the molecule is O=C(NC[C@H]1CN(c2ccc(N3CCOCC3=O)cc2)C(O)O1)c1ccc(Cl)s1. The fraction of sp³-hybridized carbons (Fsp3) is 0.368. The Balaban J connectivity index is 1.34. The lowest BCUT2D eigenvalue weighted by Crippen LogP contribution is -2.41. The number of hydrogen-bond donors (Lipinski definition) is 2. The molecule has 2 aliphatic rings. The lowest BCUT2D eigenvalue weighted by atomic mass is 10.2. The molecule has 1 aromatic heterocycles. The van der Waals surface area contributed by atoms with Crippen LogP contribution in [0.3, 0.4) is 0 Å². The summed E-state index contributed by atoms with van der Waals surface area (Å²) in [6.07, 6.45) is -1.46. The minimum absolute atomic E-state index is 0.0728. The van der Waals surface area contributed by atoms with Crippen molar-refractivity contribution in [3.8, 4) is 0 Å². The van der Waals surface area contributed by atoms with E-state index in [9.17, 15) is 14.7 Å². The van der Waals surface area contributed by atoms with Gasteiger partial charge in [0, 0.05) is 24.5 Å². The molecule has 0 radical (unpaired) electrons. The van der Waals surface area contributed by atoms with E-state index in [1.165, 1.54) is 11.3 Å². The average molecular weight is 438 g/mol. The van der Waals surface area contributed by atoms with Crippen molar-refractivity contribution in [2.45, 2.75) is 12.5 Å². The lowest BCUT2D eigenvalue weighted by molar-refractivity contribution is -0.125. The molecule has 2 N–H and O–H groups in total. The summed E-state index contributed by atoms with van der Waals surface area (Å²) in [5.41, 5.74) is 1.55. The van der Waals surface area contributed by atoms with Gasteiger partial charge in [-0.15, -0.1) is 11.3 Å². The lowest BCUT2D eigenvalue weighted by Gasteiger charge is -2.27. The minimum Gasteiger partial charge on any atom is -0.370 e. The van der Waals surface area contributed by atoms with E-state index in [0.29, 0.717) is 28.9 Å². The Hall–Kier alpha value is -2.17. The van der Waals surface area contributed by atoms with E-state index in [1.807, 2.05) is 24.3 Å². The Morgan fingerprint density at radius 1 is 1.24 bits per heavy atom. The van der Waals surface area contributed by atoms with E-state index in [1.54, 1.807) is 21.9 Å². The first-order chi connectivity index (χ1) is 14.0. The number of nitrogens with zero attached hydrogens (tertiary/aromatic N) is 2. The first kappa shape index (κ1) is 20.1. The molecule has 0 aliphatic carbocycles. The predicted octanol–water partition coefficient (Wildman–Crippen LogP) is 1.68. The van der Waals surface area contributed by atoms with Gasteiger partial charge in [-0.05, 0) is 36.4 Å². The van der Waals surface area contributed by atoms with Gasteiger partial charge in [0.25, 0.3) is 11.8 Å². The zero-order valence-corrected chi connectivity index (χ0v) is 17.0. The summed E-state index contributed by atoms with van der Waals surface area (Å²) < 4.78 is 11.2. The maximum absolute atomic E-state index is 12.1. The Kier molecular flexibility index (Phi) is 6.02. The summed E-state index contributed by atoms with van der Waals surface area (Å²) in [7, 11) is 0. The summed E-state index contributed by atoms with van der Waals surface area (Å²) in [5, 5.41) is 13.1. The van der Waals surface area contributed by atoms with Crippen molar-refractivity contribution in [2.24, 2.45) is 0 Å². The van der Waals surface area contributed by atoms with Crippen LogP contribution in [0.5, 0.6) is 0 Å². The molecule has 154 valence electrons. The third-order valence-corrected chi connectivity index (χ3v) is 5.98. The van der Waals surface area contributed by atoms with Gasteiger partial charge in [0.05, 0.1) is 28.5 Å². The van der Waals surface area contributed by atoms with Gasteiger partial charge >= 0.3 is 0 Å². The number of rotatable bonds is 5. The molecule has 29 heavy (non-hydrogen) atoms. The number of amides is 2. The quantitative estimate of drug-likeness (QED) is 0.739. The standard InChI is InChI=1S/C19H20ClN3O5S/c20-16-6-5-15(29-16)18(25)21-9-14-10-23(19(26)28-14)13-3-1-12(2-4-13)22-7-8-27-11-17(22)24/h1-6,14,19,26H,7-11H2,(H,21,25)/t14-,19?/m0/s1. The van der Waals surface area contributed by atoms with Gasteiger partial charge in [0.15, 0.2) is 0 Å². The van der Waals surface area contributed by atoms with Gasteiger partial charge in [-0.2, -0.15) is 0 Å². The van der Waals surface area contributed by atoms with Crippen LogP contribution in [0.2, 0.25) is 4.34 Å². The number of ether oxygens (including phenoxy) is 2. The molecular weight excluding hydrogens is 418 g/mol. The minimum atomic E-state index is -1.11. The van der Waals surface area contributed by atoms with Gasteiger partial charge in [0.2, 0.25) is 6.41 Å². The summed E-state index contributed by atoms with van der Waals surface area (Å²) in [5.74, 6) is -0.297. The largest absolute Gasteiger partial charge is 0.370 e. The van der Waals surface area contributed by atoms with Gasteiger partial charge in [-0.1, -0.05) is 11.6 Å². The number of halogens is 1. The number of carbonyl (C=O) groups excluding carboxylic acids is 2. The number of carbonyl (C=O) groups is 2. The van der Waals surface area contributed by atoms with Gasteiger partial charge in [0.1, 0.15) is 6.61 Å². The van der Waals surface area contributed by atoms with Crippen LogP contribution < -0.4 is 15.1 Å². The van der Waals surface area contributed by atoms with Crippen molar-refractivity contribution in [1.29, 1.82) is 0 Å². The van der Waals surface area contributed by atoms with Crippen molar-refractivity contribution in [3.05, 3.63) is 45.6 Å². The molecule has 0 bridgehead atoms. The molecule has 1 unspecified atom stereocenters. The Morgan fingerprint density at radius 3 is 2.69 bits per heavy atom. The fourth-order valence-electron chi connectivity index (χ4n) is 3.29. The first-order valence-corrected chi connectivity index (χ1v) is 10.3. The monoisotopic (exact) mass is 437 g/mol. The molecule has 2 fully saturated rings. The van der Waals surface area contributed by atoms with Crippen molar-refractivity contribution in [2.75, 3.05) is 42.6 Å². The summed E-state index contributed by atoms with van der Waals surface area (Å²) in [4.78, 5) is 28.0. The van der Waals surface area contributed by atoms with E-state index in [4.69, 9.17) is 21.1 Å². The van der Waals surface area contributed by atoms with E-state index >= 15 is 0 Å². The molecule has 10 heteroatoms. The first-order valence-electron chi connectivity index (χ1n) is 9.13. The molecule has 2 saturated heterocycles. The molecule has 2 atom stereocenters. The predicted molar refractivity (Wildman–Crippen MR) is 110 cm³/mol. The molecule has 2 aromatic rings. The average Bonchev–Trinajstić information content (AvgIpc) is 3.32. The third-order valence-electron chi connectivity index (χ3n) is 4.75. The van der Waals surface area contributed by atoms with Crippen LogP contribution in [-0.4, -0.2) is 62.3 Å². The Bertz CT molecular complexity index is 890. The van der Waals surface area contributed by atoms with Gasteiger partial charge in [-0.3, -0.25) is 9.59 Å². The van der Waals surface area contributed by atoms with Crippen LogP contribution in [0.1, 0.15) is 9.67 Å². The van der Waals surface area contributed by atoms with Crippen LogP contribution in [-0.2, 0) is 14.3 Å². The van der Waals surface area contributed by atoms with Gasteiger partial charge in [-0.25, -0.2) is 0 Å². The third kappa shape index (κ3) is 4.54. The van der Waals surface area contributed by atoms with Crippen LogP contribution in [0.25, 0.3) is 0 Å². The highest BCUT2D eigenvalue weighted by Crippen LogP contribution is 2.27. The number of benzene rings is 1. The topological polar surface area (TPSA) is 91.3 Å². The number of anilines is 2. The van der Waals surface area contributed by atoms with Crippen LogP contribution >= 0.6 is 22.9 Å². The molecule has 3 heterocycles. The second-order valence-electron chi connectivity index (χ2n) is 6.66. The fourth-order valence-corrected chi connectivity index (χ4v) is 4.25. The van der Waals surface area contributed by atoms with Crippen molar-refractivity contribution in [3.63, 3.8) is 0 Å². The Morgan fingerprint density at radius 2 is 2.00 bits per heavy atom. The maximum atomic E-state index is 12.1. The molecule has 2 amide bonds. The number of aliphatic hydroxyl groups excluding tert-OH is 1. The highest BCUT2D eigenvalue weighted by molar-refractivity contribution is 7.17. The normalized spacial score (nSPS) is 22.2. The summed E-state index contributed by atoms with van der Waals surface area (Å²) in [6, 6.07) is 10.7. The second kappa shape index (κ2) is 8.68. The van der Waals surface area contributed by atoms with Crippen LogP contribution in [0.4, 0.5) is 11.4 Å². The maximum Gasteiger partial charge on any atom is 0.261 e. The van der Waals surface area contributed by atoms with E-state index < -0.39 is 6.41 Å². The molecular formula is C19H20ClN3O5S. The van der Waals surface area contributed by atoms with Crippen molar-refractivity contribution in [1.82, 2.24) is 5.32 Å². The molecule has 4 rings (SSSR count). The zero-order valence-electron chi connectivity index (χ0n) is 15.4. The molecule has 2 aliphatic heterocycles. The van der Waals surface area contributed by atoms with E-state index in [0.717, 1.165) is 11.4 Å². The summed E-state index contributed by atoms with van der Waals surface area (Å²) >= 11 is 7.06. The molecule has 1 aromatic carbocycles.